The molecule has 16 heavy (non-hydrogen) atoms. The van der Waals surface area contributed by atoms with Crippen LogP contribution >= 0.6 is 27.5 Å². The molecule has 1 aromatic carbocycles. The summed E-state index contributed by atoms with van der Waals surface area (Å²) < 4.78 is 6.92. The Kier molecular flexibility index (Phi) is 3.77. The van der Waals surface area contributed by atoms with Gasteiger partial charge < -0.3 is 10.1 Å². The smallest absolute Gasteiger partial charge is 0.143 e. The number of ether oxygens (including phenoxy) is 1. The summed E-state index contributed by atoms with van der Waals surface area (Å²) in [7, 11) is 1.96. The third kappa shape index (κ3) is 2.08. The first-order valence-corrected chi connectivity index (χ1v) is 6.67. The zero-order valence-corrected chi connectivity index (χ0v) is 11.7. The summed E-state index contributed by atoms with van der Waals surface area (Å²) in [5, 5.41) is 3.99. The molecule has 0 aromatic heterocycles. The lowest BCUT2D eigenvalue weighted by molar-refractivity contribution is 0.182. The second-order valence-electron chi connectivity index (χ2n) is 4.02. The van der Waals surface area contributed by atoms with E-state index in [4.69, 9.17) is 16.3 Å². The van der Waals surface area contributed by atoms with E-state index in [9.17, 15) is 0 Å². The minimum atomic E-state index is 0.191. The van der Waals surface area contributed by atoms with Crippen molar-refractivity contribution in [1.82, 2.24) is 5.32 Å². The Bertz CT molecular complexity index is 397. The predicted molar refractivity (Wildman–Crippen MR) is 70.3 cm³/mol. The number of likely N-dealkylation sites (N-methyl/N-ethyl adjacent to an activating group) is 1. The minimum Gasteiger partial charge on any atom is -0.487 e. The summed E-state index contributed by atoms with van der Waals surface area (Å²) in [4.78, 5) is 0. The zero-order valence-electron chi connectivity index (χ0n) is 9.39. The molecule has 0 bridgehead atoms. The van der Waals surface area contributed by atoms with Crippen LogP contribution in [0.25, 0.3) is 0 Å². The van der Waals surface area contributed by atoms with E-state index in [-0.39, 0.29) is 12.1 Å². The van der Waals surface area contributed by atoms with Crippen molar-refractivity contribution in [2.24, 2.45) is 0 Å². The molecule has 0 saturated heterocycles. The fourth-order valence-electron chi connectivity index (χ4n) is 2.21. The van der Waals surface area contributed by atoms with Crippen LogP contribution < -0.4 is 10.1 Å². The second-order valence-corrected chi connectivity index (χ2v) is 5.34. The highest BCUT2D eigenvalue weighted by Gasteiger charge is 2.34. The van der Waals surface area contributed by atoms with Crippen molar-refractivity contribution < 1.29 is 4.74 Å². The Morgan fingerprint density at radius 3 is 2.88 bits per heavy atom. The topological polar surface area (TPSA) is 21.3 Å². The van der Waals surface area contributed by atoms with Crippen molar-refractivity contribution in [3.05, 3.63) is 27.2 Å². The van der Waals surface area contributed by atoms with Gasteiger partial charge in [-0.3, -0.25) is 0 Å². The van der Waals surface area contributed by atoms with E-state index in [1.807, 2.05) is 13.1 Å². The highest BCUT2D eigenvalue weighted by molar-refractivity contribution is 9.10. The van der Waals surface area contributed by atoms with Crippen LogP contribution in [0.3, 0.4) is 0 Å². The van der Waals surface area contributed by atoms with Gasteiger partial charge in [0.1, 0.15) is 11.9 Å². The molecular formula is C12H15BrClNO. The van der Waals surface area contributed by atoms with Gasteiger partial charge in [-0.25, -0.2) is 0 Å². The van der Waals surface area contributed by atoms with Crippen LogP contribution in [0.2, 0.25) is 5.02 Å². The molecular weight excluding hydrogens is 289 g/mol. The average Bonchev–Trinajstić information content (AvgIpc) is 2.56. The van der Waals surface area contributed by atoms with Gasteiger partial charge in [-0.15, -0.1) is 0 Å². The van der Waals surface area contributed by atoms with Crippen molar-refractivity contribution in [3.8, 4) is 5.75 Å². The first-order chi connectivity index (χ1) is 7.67. The average molecular weight is 305 g/mol. The van der Waals surface area contributed by atoms with Crippen LogP contribution in [0.15, 0.2) is 16.6 Å². The van der Waals surface area contributed by atoms with Gasteiger partial charge in [-0.1, -0.05) is 40.9 Å². The van der Waals surface area contributed by atoms with Crippen LogP contribution in [-0.2, 0) is 0 Å². The molecule has 0 saturated carbocycles. The molecule has 1 aliphatic rings. The van der Waals surface area contributed by atoms with Gasteiger partial charge in [0.2, 0.25) is 0 Å². The molecule has 1 heterocycles. The minimum absolute atomic E-state index is 0.191. The fraction of sp³-hybridized carbons (Fsp3) is 0.500. The lowest BCUT2D eigenvalue weighted by Crippen LogP contribution is -2.28. The van der Waals surface area contributed by atoms with Crippen molar-refractivity contribution in [3.63, 3.8) is 0 Å². The second kappa shape index (κ2) is 4.94. The van der Waals surface area contributed by atoms with E-state index in [1.54, 1.807) is 0 Å². The summed E-state index contributed by atoms with van der Waals surface area (Å²) >= 11 is 9.64. The maximum atomic E-state index is 6.18. The summed E-state index contributed by atoms with van der Waals surface area (Å²) in [5.41, 5.74) is 1.15. The normalized spacial score (nSPS) is 23.0. The Morgan fingerprint density at radius 2 is 2.25 bits per heavy atom. The number of nitrogens with one attached hydrogen (secondary N) is 1. The molecule has 0 fully saturated rings. The molecule has 0 radical (unpaired) electrons. The predicted octanol–water partition coefficient (Wildman–Crippen LogP) is 3.92. The van der Waals surface area contributed by atoms with Gasteiger partial charge in [-0.05, 0) is 25.6 Å². The number of hydrogen-bond donors (Lipinski definition) is 1. The summed E-state index contributed by atoms with van der Waals surface area (Å²) in [5.74, 6) is 0.836. The number of rotatable bonds is 3. The Labute approximate surface area is 109 Å². The summed E-state index contributed by atoms with van der Waals surface area (Å²) in [6, 6.07) is 4.20. The Balaban J connectivity index is 2.38. The fourth-order valence-corrected chi connectivity index (χ4v) is 3.09. The Hall–Kier alpha value is -0.250. The van der Waals surface area contributed by atoms with E-state index in [0.717, 1.165) is 28.6 Å². The van der Waals surface area contributed by atoms with E-state index in [2.05, 4.69) is 34.2 Å². The van der Waals surface area contributed by atoms with Crippen molar-refractivity contribution in [1.29, 1.82) is 0 Å². The van der Waals surface area contributed by atoms with Crippen molar-refractivity contribution in [2.45, 2.75) is 31.9 Å². The lowest BCUT2D eigenvalue weighted by atomic mass is 10.0. The Morgan fingerprint density at radius 1 is 1.50 bits per heavy atom. The highest BCUT2D eigenvalue weighted by atomic mass is 79.9. The van der Waals surface area contributed by atoms with Crippen molar-refractivity contribution in [2.75, 3.05) is 7.05 Å². The molecule has 1 N–H and O–H groups in total. The molecule has 2 rings (SSSR count). The first kappa shape index (κ1) is 12.2. The highest BCUT2D eigenvalue weighted by Crippen LogP contribution is 2.44. The molecule has 88 valence electrons. The van der Waals surface area contributed by atoms with E-state index in [1.165, 1.54) is 0 Å². The zero-order chi connectivity index (χ0) is 11.7. The molecule has 0 spiro atoms. The van der Waals surface area contributed by atoms with Crippen molar-refractivity contribution >= 4 is 27.5 Å². The monoisotopic (exact) mass is 303 g/mol. The number of fused-ring (bicyclic) bond motifs is 1. The molecule has 2 nitrogen and oxygen atoms in total. The number of benzene rings is 1. The van der Waals surface area contributed by atoms with Crippen LogP contribution in [0.4, 0.5) is 0 Å². The quantitative estimate of drug-likeness (QED) is 0.914. The maximum absolute atomic E-state index is 6.18. The van der Waals surface area contributed by atoms with E-state index < -0.39 is 0 Å². The van der Waals surface area contributed by atoms with Crippen LogP contribution in [-0.4, -0.2) is 13.2 Å². The van der Waals surface area contributed by atoms with Gasteiger partial charge in [0.25, 0.3) is 0 Å². The van der Waals surface area contributed by atoms with Crippen LogP contribution in [0, 0.1) is 0 Å². The van der Waals surface area contributed by atoms with Gasteiger partial charge in [0.05, 0.1) is 11.1 Å². The SMILES string of the molecule is CCCC1Oc2c(Cl)cc(Br)cc2C1NC. The third-order valence-electron chi connectivity index (χ3n) is 2.90. The van der Waals surface area contributed by atoms with Gasteiger partial charge in [-0.2, -0.15) is 0 Å². The number of halogens is 2. The molecule has 1 aliphatic heterocycles. The number of hydrogen-bond acceptors (Lipinski definition) is 2. The summed E-state index contributed by atoms with van der Waals surface area (Å²) in [6.45, 7) is 2.16. The summed E-state index contributed by atoms with van der Waals surface area (Å²) in [6.07, 6.45) is 2.33. The van der Waals surface area contributed by atoms with Crippen LogP contribution in [0.1, 0.15) is 31.4 Å². The molecule has 0 aliphatic carbocycles. The molecule has 2 atom stereocenters. The van der Waals surface area contributed by atoms with E-state index in [0.29, 0.717) is 5.02 Å². The molecule has 4 heteroatoms. The standard InChI is InChI=1S/C12H15BrClNO/c1-3-4-10-11(15-2)8-5-7(13)6-9(14)12(8)16-10/h5-6,10-11,15H,3-4H2,1-2H3. The van der Waals surface area contributed by atoms with E-state index >= 15 is 0 Å². The molecule has 2 unspecified atom stereocenters. The van der Waals surface area contributed by atoms with Gasteiger partial charge >= 0.3 is 0 Å². The lowest BCUT2D eigenvalue weighted by Gasteiger charge is -2.17. The molecule has 0 amide bonds. The van der Waals surface area contributed by atoms with Gasteiger partial charge in [0, 0.05) is 10.0 Å². The van der Waals surface area contributed by atoms with Crippen LogP contribution in [0.5, 0.6) is 5.75 Å². The largest absolute Gasteiger partial charge is 0.487 e. The molecule has 1 aromatic rings. The maximum Gasteiger partial charge on any atom is 0.143 e. The first-order valence-electron chi connectivity index (χ1n) is 5.50. The van der Waals surface area contributed by atoms with Gasteiger partial charge in [0.15, 0.2) is 0 Å². The third-order valence-corrected chi connectivity index (χ3v) is 3.64.